The lowest BCUT2D eigenvalue weighted by molar-refractivity contribution is -0.145. The summed E-state index contributed by atoms with van der Waals surface area (Å²) in [6.07, 6.45) is 22.3. The Balaban J connectivity index is 3.09. The van der Waals surface area contributed by atoms with Crippen molar-refractivity contribution in [3.63, 3.8) is 0 Å². The first-order chi connectivity index (χ1) is 20.8. The molecule has 0 aliphatic rings. The molecule has 0 fully saturated rings. The summed E-state index contributed by atoms with van der Waals surface area (Å²) >= 11 is 0. The molecule has 0 N–H and O–H groups in total. The predicted octanol–water partition coefficient (Wildman–Crippen LogP) is 7.69. The fraction of sp³-hybridized carbons (Fsp3) is 0.971. The monoisotopic (exact) mass is 604 g/mol. The van der Waals surface area contributed by atoms with Crippen LogP contribution >= 0.6 is 0 Å². The van der Waals surface area contributed by atoms with Crippen molar-refractivity contribution in [1.29, 1.82) is 0 Å². The van der Waals surface area contributed by atoms with Crippen LogP contribution in [0.4, 0.5) is 0 Å². The normalized spacial score (nSPS) is 11.4. The zero-order valence-electron chi connectivity index (χ0n) is 27.7. The molecule has 0 saturated heterocycles. The Hall–Kier alpha value is -0.770. The maximum Gasteiger partial charge on any atom is 0.305 e. The summed E-state index contributed by atoms with van der Waals surface area (Å²) in [5, 5.41) is 0. The third kappa shape index (κ3) is 37.3. The summed E-state index contributed by atoms with van der Waals surface area (Å²) in [7, 11) is 0. The van der Waals surface area contributed by atoms with Crippen LogP contribution in [0.25, 0.3) is 0 Å². The topological polar surface area (TPSA) is 81.7 Å². The van der Waals surface area contributed by atoms with Gasteiger partial charge in [0.15, 0.2) is 0 Å². The summed E-state index contributed by atoms with van der Waals surface area (Å²) in [6, 6.07) is 0. The van der Waals surface area contributed by atoms with Gasteiger partial charge in [-0.05, 0) is 12.8 Å². The standard InChI is InChI=1S/C34H68O8/c1-3-5-7-9-11-12-13-15-17-19-21-36-22-23-37-24-25-38-26-27-39-28-29-40-30-31-41-32-33-42-34(35)20-18-16-14-10-8-6-4-2/h3-33H2,1-2H3. The van der Waals surface area contributed by atoms with Crippen LogP contribution in [0.2, 0.25) is 0 Å². The van der Waals surface area contributed by atoms with Gasteiger partial charge in [0, 0.05) is 13.0 Å². The first-order valence-corrected chi connectivity index (χ1v) is 17.4. The molecule has 0 aromatic heterocycles. The van der Waals surface area contributed by atoms with E-state index in [1.165, 1.54) is 89.9 Å². The average molecular weight is 605 g/mol. The molecule has 252 valence electrons. The van der Waals surface area contributed by atoms with E-state index in [9.17, 15) is 4.79 Å². The number of unbranched alkanes of at least 4 members (excludes halogenated alkanes) is 15. The third-order valence-electron chi connectivity index (χ3n) is 6.98. The van der Waals surface area contributed by atoms with Gasteiger partial charge in [0.05, 0.1) is 72.7 Å². The van der Waals surface area contributed by atoms with Crippen LogP contribution in [-0.2, 0) is 38.0 Å². The highest BCUT2D eigenvalue weighted by Crippen LogP contribution is 2.11. The lowest BCUT2D eigenvalue weighted by Crippen LogP contribution is -2.15. The SMILES string of the molecule is CCCCCCCCCCCCOCCOCCOCCOCCOCCOCCOC(=O)CCCCCCCCC. The van der Waals surface area contributed by atoms with Crippen molar-refractivity contribution < 1.29 is 38.0 Å². The molecule has 8 nitrogen and oxygen atoms in total. The molecule has 0 unspecified atom stereocenters. The summed E-state index contributed by atoms with van der Waals surface area (Å²) < 4.78 is 38.3. The smallest absolute Gasteiger partial charge is 0.305 e. The minimum atomic E-state index is -0.128. The second-order valence-electron chi connectivity index (χ2n) is 10.9. The van der Waals surface area contributed by atoms with E-state index < -0.39 is 0 Å². The van der Waals surface area contributed by atoms with Gasteiger partial charge in [-0.3, -0.25) is 4.79 Å². The number of hydrogen-bond donors (Lipinski definition) is 0. The van der Waals surface area contributed by atoms with Gasteiger partial charge in [-0.1, -0.05) is 110 Å². The molecule has 0 amide bonds. The number of rotatable bonds is 37. The summed E-state index contributed by atoms with van der Waals surface area (Å²) in [4.78, 5) is 11.7. The molecule has 0 rings (SSSR count). The van der Waals surface area contributed by atoms with Crippen LogP contribution in [0, 0.1) is 0 Å². The van der Waals surface area contributed by atoms with Crippen LogP contribution in [0.5, 0.6) is 0 Å². The van der Waals surface area contributed by atoms with Crippen molar-refractivity contribution in [3.05, 3.63) is 0 Å². The van der Waals surface area contributed by atoms with E-state index in [0.717, 1.165) is 25.9 Å². The fourth-order valence-electron chi connectivity index (χ4n) is 4.41. The van der Waals surface area contributed by atoms with Crippen molar-refractivity contribution in [2.75, 3.05) is 85.9 Å². The van der Waals surface area contributed by atoms with Crippen LogP contribution in [0.3, 0.4) is 0 Å². The Morgan fingerprint density at radius 3 is 1.00 bits per heavy atom. The van der Waals surface area contributed by atoms with Crippen molar-refractivity contribution in [2.45, 2.75) is 129 Å². The van der Waals surface area contributed by atoms with E-state index in [0.29, 0.717) is 85.7 Å². The Morgan fingerprint density at radius 1 is 0.333 bits per heavy atom. The van der Waals surface area contributed by atoms with E-state index in [1.54, 1.807) is 0 Å². The zero-order valence-corrected chi connectivity index (χ0v) is 27.7. The van der Waals surface area contributed by atoms with Gasteiger partial charge in [-0.2, -0.15) is 0 Å². The molecule has 8 heteroatoms. The molecule has 0 heterocycles. The van der Waals surface area contributed by atoms with Crippen molar-refractivity contribution in [1.82, 2.24) is 0 Å². The predicted molar refractivity (Wildman–Crippen MR) is 170 cm³/mol. The van der Waals surface area contributed by atoms with E-state index in [1.807, 2.05) is 0 Å². The lowest BCUT2D eigenvalue weighted by atomic mass is 10.1. The minimum absolute atomic E-state index is 0.128. The maximum atomic E-state index is 11.7. The molecule has 0 spiro atoms. The summed E-state index contributed by atoms with van der Waals surface area (Å²) in [5.41, 5.74) is 0. The minimum Gasteiger partial charge on any atom is -0.463 e. The van der Waals surface area contributed by atoms with Crippen molar-refractivity contribution >= 4 is 5.97 Å². The first-order valence-electron chi connectivity index (χ1n) is 17.4. The van der Waals surface area contributed by atoms with Gasteiger partial charge in [0.25, 0.3) is 0 Å². The molecule has 42 heavy (non-hydrogen) atoms. The number of ether oxygens (including phenoxy) is 7. The zero-order chi connectivity index (χ0) is 30.4. The number of hydrogen-bond acceptors (Lipinski definition) is 8. The van der Waals surface area contributed by atoms with Crippen molar-refractivity contribution in [2.24, 2.45) is 0 Å². The van der Waals surface area contributed by atoms with Gasteiger partial charge in [0.1, 0.15) is 6.61 Å². The van der Waals surface area contributed by atoms with E-state index in [-0.39, 0.29) is 5.97 Å². The Labute approximate surface area is 259 Å². The molecular formula is C34H68O8. The van der Waals surface area contributed by atoms with Gasteiger partial charge in [0.2, 0.25) is 0 Å². The first kappa shape index (κ1) is 41.2. The molecule has 0 radical (unpaired) electrons. The van der Waals surface area contributed by atoms with Crippen LogP contribution in [-0.4, -0.2) is 91.9 Å². The molecule has 0 aliphatic carbocycles. The Bertz CT molecular complexity index is 506. The van der Waals surface area contributed by atoms with Crippen LogP contribution < -0.4 is 0 Å². The number of esters is 1. The second kappa shape index (κ2) is 38.3. The highest BCUT2D eigenvalue weighted by Gasteiger charge is 2.02. The van der Waals surface area contributed by atoms with E-state index in [4.69, 9.17) is 33.2 Å². The van der Waals surface area contributed by atoms with Gasteiger partial charge >= 0.3 is 5.97 Å². The molecular weight excluding hydrogens is 536 g/mol. The van der Waals surface area contributed by atoms with Crippen LogP contribution in [0.1, 0.15) is 129 Å². The Kier molecular flexibility index (Phi) is 37.6. The fourth-order valence-corrected chi connectivity index (χ4v) is 4.41. The maximum absolute atomic E-state index is 11.7. The summed E-state index contributed by atoms with van der Waals surface area (Å²) in [5.74, 6) is -0.128. The number of carbonyl (C=O) groups is 1. The lowest BCUT2D eigenvalue weighted by Gasteiger charge is -2.08. The molecule has 0 bridgehead atoms. The van der Waals surface area contributed by atoms with Gasteiger partial charge in [-0.15, -0.1) is 0 Å². The van der Waals surface area contributed by atoms with Gasteiger partial charge < -0.3 is 33.2 Å². The second-order valence-corrected chi connectivity index (χ2v) is 10.9. The highest BCUT2D eigenvalue weighted by molar-refractivity contribution is 5.69. The Morgan fingerprint density at radius 2 is 0.619 bits per heavy atom. The summed E-state index contributed by atoms with van der Waals surface area (Å²) in [6.45, 7) is 11.5. The van der Waals surface area contributed by atoms with Crippen molar-refractivity contribution in [3.8, 4) is 0 Å². The van der Waals surface area contributed by atoms with E-state index >= 15 is 0 Å². The van der Waals surface area contributed by atoms with Gasteiger partial charge in [-0.25, -0.2) is 0 Å². The van der Waals surface area contributed by atoms with E-state index in [2.05, 4.69) is 13.8 Å². The average Bonchev–Trinajstić information content (AvgIpc) is 2.99. The molecule has 0 saturated carbocycles. The number of carbonyl (C=O) groups excluding carboxylic acids is 1. The molecule has 0 aliphatic heterocycles. The molecule has 0 atom stereocenters. The molecule has 0 aromatic carbocycles. The third-order valence-corrected chi connectivity index (χ3v) is 6.98. The largest absolute Gasteiger partial charge is 0.463 e. The molecule has 0 aromatic rings. The van der Waals surface area contributed by atoms with Crippen LogP contribution in [0.15, 0.2) is 0 Å². The highest BCUT2D eigenvalue weighted by atomic mass is 16.6. The quantitative estimate of drug-likeness (QED) is 0.0527.